The van der Waals surface area contributed by atoms with Crippen LogP contribution in [0.15, 0.2) is 84.9 Å². The highest BCUT2D eigenvalue weighted by Gasteiger charge is 2.30. The fourth-order valence-corrected chi connectivity index (χ4v) is 3.82. The van der Waals surface area contributed by atoms with Gasteiger partial charge in [-0.05, 0) is 48.6 Å². The first kappa shape index (κ1) is 25.2. The molecule has 178 valence electrons. The Hall–Kier alpha value is -3.47. The second-order valence-electron chi connectivity index (χ2n) is 8.66. The monoisotopic (exact) mass is 460 g/mol. The number of hydrogen-bond acceptors (Lipinski definition) is 2. The Bertz CT molecular complexity index is 1040. The normalized spacial score (nSPS) is 12.6. The van der Waals surface area contributed by atoms with Crippen LogP contribution in [0.1, 0.15) is 43.4 Å². The van der Waals surface area contributed by atoms with Crippen molar-refractivity contribution in [3.05, 3.63) is 107 Å². The molecule has 2 atom stereocenters. The summed E-state index contributed by atoms with van der Waals surface area (Å²) in [6.45, 7) is 4.21. The fraction of sp³-hybridized carbons (Fsp3) is 0.310. The highest BCUT2D eigenvalue weighted by Crippen LogP contribution is 2.17. The molecule has 0 aliphatic carbocycles. The lowest BCUT2D eigenvalue weighted by molar-refractivity contribution is -0.141. The zero-order chi connectivity index (χ0) is 24.3. The molecular formula is C29H33FN2O2. The minimum atomic E-state index is -0.676. The fourth-order valence-electron chi connectivity index (χ4n) is 3.82. The first-order valence-electron chi connectivity index (χ1n) is 11.9. The molecule has 0 fully saturated rings. The molecular weight excluding hydrogens is 427 g/mol. The van der Waals surface area contributed by atoms with Crippen molar-refractivity contribution in [3.63, 3.8) is 0 Å². The molecule has 0 aliphatic heterocycles. The molecule has 1 N–H and O–H groups in total. The molecule has 0 heterocycles. The first-order valence-corrected chi connectivity index (χ1v) is 11.9. The van der Waals surface area contributed by atoms with Gasteiger partial charge in [0, 0.05) is 25.4 Å². The van der Waals surface area contributed by atoms with Gasteiger partial charge in [-0.15, -0.1) is 0 Å². The number of nitrogens with zero attached hydrogens (tertiary/aromatic N) is 1. The number of aryl methyl sites for hydroxylation is 1. The molecule has 0 aliphatic rings. The second kappa shape index (κ2) is 12.7. The lowest BCUT2D eigenvalue weighted by Crippen LogP contribution is -2.52. The minimum Gasteiger partial charge on any atom is -0.352 e. The topological polar surface area (TPSA) is 49.4 Å². The summed E-state index contributed by atoms with van der Waals surface area (Å²) >= 11 is 0. The predicted molar refractivity (Wildman–Crippen MR) is 134 cm³/mol. The number of benzene rings is 3. The molecule has 0 bridgehead atoms. The quantitative estimate of drug-likeness (QED) is 0.421. The minimum absolute atomic E-state index is 0.00198. The maximum absolute atomic E-state index is 13.6. The summed E-state index contributed by atoms with van der Waals surface area (Å²) in [4.78, 5) is 28.6. The van der Waals surface area contributed by atoms with Crippen LogP contribution >= 0.6 is 0 Å². The van der Waals surface area contributed by atoms with Gasteiger partial charge in [-0.1, -0.05) is 79.7 Å². The van der Waals surface area contributed by atoms with Gasteiger partial charge >= 0.3 is 0 Å². The molecule has 2 amide bonds. The number of amides is 2. The van der Waals surface area contributed by atoms with Crippen LogP contribution in [0.3, 0.4) is 0 Å². The van der Waals surface area contributed by atoms with E-state index in [2.05, 4.69) is 5.32 Å². The maximum atomic E-state index is 13.6. The van der Waals surface area contributed by atoms with Gasteiger partial charge < -0.3 is 10.2 Å². The van der Waals surface area contributed by atoms with Crippen molar-refractivity contribution in [2.75, 3.05) is 0 Å². The van der Waals surface area contributed by atoms with Crippen molar-refractivity contribution < 1.29 is 14.0 Å². The van der Waals surface area contributed by atoms with E-state index in [1.165, 1.54) is 12.1 Å². The molecule has 0 spiro atoms. The highest BCUT2D eigenvalue weighted by molar-refractivity contribution is 5.88. The van der Waals surface area contributed by atoms with Crippen molar-refractivity contribution in [1.82, 2.24) is 10.2 Å². The van der Waals surface area contributed by atoms with Crippen LogP contribution in [0.5, 0.6) is 0 Å². The van der Waals surface area contributed by atoms with Crippen LogP contribution in [0.2, 0.25) is 0 Å². The van der Waals surface area contributed by atoms with Gasteiger partial charge in [0.15, 0.2) is 0 Å². The molecule has 0 aromatic heterocycles. The number of carbonyl (C=O) groups excluding carboxylic acids is 2. The Kier molecular flexibility index (Phi) is 9.39. The number of carbonyl (C=O) groups is 2. The van der Waals surface area contributed by atoms with E-state index in [9.17, 15) is 14.0 Å². The van der Waals surface area contributed by atoms with E-state index in [0.29, 0.717) is 12.8 Å². The summed E-state index contributed by atoms with van der Waals surface area (Å²) in [6, 6.07) is 25.0. The summed E-state index contributed by atoms with van der Waals surface area (Å²) in [6.07, 6.45) is 2.07. The number of hydrogen-bond donors (Lipinski definition) is 1. The maximum Gasteiger partial charge on any atom is 0.243 e. The highest BCUT2D eigenvalue weighted by atomic mass is 19.1. The van der Waals surface area contributed by atoms with Crippen molar-refractivity contribution in [1.29, 1.82) is 0 Å². The Morgan fingerprint density at radius 1 is 0.853 bits per heavy atom. The summed E-state index contributed by atoms with van der Waals surface area (Å²) < 4.78 is 13.5. The largest absolute Gasteiger partial charge is 0.352 e. The van der Waals surface area contributed by atoms with Gasteiger partial charge in [-0.25, -0.2) is 4.39 Å². The third-order valence-corrected chi connectivity index (χ3v) is 6.01. The molecule has 0 saturated heterocycles. The molecule has 0 radical (unpaired) electrons. The Morgan fingerprint density at radius 2 is 1.44 bits per heavy atom. The van der Waals surface area contributed by atoms with E-state index < -0.39 is 6.04 Å². The average molecular weight is 461 g/mol. The number of rotatable bonds is 11. The van der Waals surface area contributed by atoms with Crippen LogP contribution in [-0.4, -0.2) is 28.8 Å². The number of halogens is 1. The van der Waals surface area contributed by atoms with Crippen LogP contribution in [0.4, 0.5) is 4.39 Å². The zero-order valence-electron chi connectivity index (χ0n) is 19.9. The summed E-state index contributed by atoms with van der Waals surface area (Å²) in [5.74, 6) is -0.608. The van der Waals surface area contributed by atoms with Crippen molar-refractivity contribution in [3.8, 4) is 0 Å². The molecule has 5 heteroatoms. The van der Waals surface area contributed by atoms with Crippen LogP contribution in [0, 0.1) is 5.82 Å². The van der Waals surface area contributed by atoms with Crippen LogP contribution in [-0.2, 0) is 29.0 Å². The van der Waals surface area contributed by atoms with Crippen LogP contribution < -0.4 is 5.32 Å². The standard InChI is InChI=1S/C29H33FN2O2/c1-3-22(2)31-29(34)27(20-24-12-8-5-9-13-24)32(21-25-14-17-26(30)18-15-25)28(33)19-16-23-10-6-4-7-11-23/h4-15,17-18,22,27H,3,16,19-21H2,1-2H3,(H,31,34)/t22-,27-/m0/s1. The Labute approximate surface area is 201 Å². The SMILES string of the molecule is CC[C@H](C)NC(=O)[C@H](Cc1ccccc1)N(Cc1ccc(F)cc1)C(=O)CCc1ccccc1. The molecule has 3 aromatic carbocycles. The van der Waals surface area contributed by atoms with E-state index in [1.807, 2.05) is 74.5 Å². The molecule has 3 rings (SSSR count). The van der Waals surface area contributed by atoms with Gasteiger partial charge in [0.2, 0.25) is 11.8 Å². The van der Waals surface area contributed by atoms with Crippen LogP contribution in [0.25, 0.3) is 0 Å². The average Bonchev–Trinajstić information content (AvgIpc) is 2.87. The molecule has 4 nitrogen and oxygen atoms in total. The molecule has 3 aromatic rings. The van der Waals surface area contributed by atoms with Gasteiger partial charge in [0.25, 0.3) is 0 Å². The first-order chi connectivity index (χ1) is 16.5. The summed E-state index contributed by atoms with van der Waals surface area (Å²) in [5.41, 5.74) is 2.83. The lowest BCUT2D eigenvalue weighted by Gasteiger charge is -2.32. The zero-order valence-corrected chi connectivity index (χ0v) is 19.9. The molecule has 0 unspecified atom stereocenters. The molecule has 0 saturated carbocycles. The van der Waals surface area contributed by atoms with E-state index >= 15 is 0 Å². The van der Waals surface area contributed by atoms with E-state index in [-0.39, 0.29) is 36.6 Å². The third kappa shape index (κ3) is 7.55. The predicted octanol–water partition coefficient (Wildman–Crippen LogP) is 5.31. The Balaban J connectivity index is 1.90. The van der Waals surface area contributed by atoms with Gasteiger partial charge in [-0.3, -0.25) is 9.59 Å². The van der Waals surface area contributed by atoms with E-state index in [0.717, 1.165) is 23.1 Å². The van der Waals surface area contributed by atoms with Crippen molar-refractivity contribution in [2.45, 2.75) is 58.2 Å². The van der Waals surface area contributed by atoms with Gasteiger partial charge in [-0.2, -0.15) is 0 Å². The number of nitrogens with one attached hydrogen (secondary N) is 1. The van der Waals surface area contributed by atoms with E-state index in [1.54, 1.807) is 17.0 Å². The van der Waals surface area contributed by atoms with Crippen molar-refractivity contribution in [2.24, 2.45) is 0 Å². The summed E-state index contributed by atoms with van der Waals surface area (Å²) in [5, 5.41) is 3.06. The van der Waals surface area contributed by atoms with Gasteiger partial charge in [0.1, 0.15) is 11.9 Å². The van der Waals surface area contributed by atoms with E-state index in [4.69, 9.17) is 0 Å². The second-order valence-corrected chi connectivity index (χ2v) is 8.66. The lowest BCUT2D eigenvalue weighted by atomic mass is 10.0. The molecule has 34 heavy (non-hydrogen) atoms. The third-order valence-electron chi connectivity index (χ3n) is 6.01. The summed E-state index contributed by atoms with van der Waals surface area (Å²) in [7, 11) is 0. The smallest absolute Gasteiger partial charge is 0.243 e. The van der Waals surface area contributed by atoms with Gasteiger partial charge in [0.05, 0.1) is 0 Å². The Morgan fingerprint density at radius 3 is 2.03 bits per heavy atom. The van der Waals surface area contributed by atoms with Crippen molar-refractivity contribution >= 4 is 11.8 Å².